The van der Waals surface area contributed by atoms with Gasteiger partial charge in [0.05, 0.1) is 25.3 Å². The molecule has 1 aromatic rings. The van der Waals surface area contributed by atoms with Crippen molar-refractivity contribution in [2.75, 3.05) is 26.8 Å². The fourth-order valence-corrected chi connectivity index (χ4v) is 2.96. The molecule has 7 heteroatoms. The molecule has 0 spiro atoms. The van der Waals surface area contributed by atoms with E-state index in [1.54, 1.807) is 14.0 Å². The van der Waals surface area contributed by atoms with E-state index in [2.05, 4.69) is 6.58 Å². The third kappa shape index (κ3) is 4.98. The molecule has 2 amide bonds. The Bertz CT molecular complexity index is 631. The van der Waals surface area contributed by atoms with Gasteiger partial charge in [-0.1, -0.05) is 36.9 Å². The fraction of sp³-hybridized carbons (Fsp3) is 0.474. The van der Waals surface area contributed by atoms with Crippen molar-refractivity contribution in [3.8, 4) is 0 Å². The van der Waals surface area contributed by atoms with Crippen molar-refractivity contribution in [3.05, 3.63) is 48.0 Å². The van der Waals surface area contributed by atoms with Crippen molar-refractivity contribution in [2.24, 2.45) is 0 Å². The highest BCUT2D eigenvalue weighted by Crippen LogP contribution is 2.32. The van der Waals surface area contributed by atoms with Gasteiger partial charge in [0.15, 0.2) is 0 Å². The van der Waals surface area contributed by atoms with E-state index in [-0.39, 0.29) is 25.3 Å². The van der Waals surface area contributed by atoms with Gasteiger partial charge < -0.3 is 19.5 Å². The number of rotatable bonds is 6. The average molecular weight is 362 g/mol. The lowest BCUT2D eigenvalue weighted by molar-refractivity contribution is 0.102. The Morgan fingerprint density at radius 2 is 2.04 bits per heavy atom. The molecule has 1 heterocycles. The summed E-state index contributed by atoms with van der Waals surface area (Å²) in [6, 6.07) is 7.39. The Morgan fingerprint density at radius 1 is 1.35 bits per heavy atom. The highest BCUT2D eigenvalue weighted by Gasteiger charge is 2.36. The van der Waals surface area contributed by atoms with Crippen molar-refractivity contribution in [2.45, 2.75) is 32.0 Å². The smallest absolute Gasteiger partial charge is 0.410 e. The number of aliphatic hydroxyl groups excluding tert-OH is 1. The molecular formula is C19H26N2O5. The summed E-state index contributed by atoms with van der Waals surface area (Å²) in [5, 5.41) is 9.96. The number of hydrogen-bond acceptors (Lipinski definition) is 5. The minimum atomic E-state index is -0.578. The van der Waals surface area contributed by atoms with Crippen molar-refractivity contribution < 1.29 is 24.2 Å². The van der Waals surface area contributed by atoms with Gasteiger partial charge in [0.2, 0.25) is 0 Å². The summed E-state index contributed by atoms with van der Waals surface area (Å²) in [5.74, 6) is 0. The normalized spacial score (nSPS) is 19.1. The first-order chi connectivity index (χ1) is 12.5. The predicted octanol–water partition coefficient (Wildman–Crippen LogP) is 2.71. The number of ether oxygens (including phenoxy) is 2. The summed E-state index contributed by atoms with van der Waals surface area (Å²) in [6.45, 7) is 6.44. The van der Waals surface area contributed by atoms with Crippen LogP contribution in [0.4, 0.5) is 9.59 Å². The minimum Gasteiger partial charge on any atom is -0.450 e. The second kappa shape index (κ2) is 9.24. The molecule has 1 aliphatic heterocycles. The molecule has 2 atom stereocenters. The summed E-state index contributed by atoms with van der Waals surface area (Å²) >= 11 is 0. The monoisotopic (exact) mass is 362 g/mol. The lowest BCUT2D eigenvalue weighted by Gasteiger charge is -2.24. The Balaban J connectivity index is 2.04. The molecule has 0 aromatic heterocycles. The maximum absolute atomic E-state index is 12.2. The van der Waals surface area contributed by atoms with Crippen LogP contribution in [0.25, 0.3) is 0 Å². The molecular weight excluding hydrogens is 336 g/mol. The van der Waals surface area contributed by atoms with E-state index in [0.717, 1.165) is 11.1 Å². The lowest BCUT2D eigenvalue weighted by atomic mass is 10.0. The first kappa shape index (κ1) is 19.8. The molecule has 0 radical (unpaired) electrons. The molecule has 0 aliphatic carbocycles. The molecule has 1 fully saturated rings. The Morgan fingerprint density at radius 3 is 2.65 bits per heavy atom. The van der Waals surface area contributed by atoms with Crippen molar-refractivity contribution in [1.82, 2.24) is 9.80 Å². The highest BCUT2D eigenvalue weighted by atomic mass is 16.6. The number of nitrogens with zero attached hydrogens (tertiary/aromatic N) is 2. The van der Waals surface area contributed by atoms with Crippen molar-refractivity contribution in [3.63, 3.8) is 0 Å². The minimum absolute atomic E-state index is 0.136. The molecule has 0 bridgehead atoms. The number of carbonyl (C=O) groups is 2. The second-order valence-electron chi connectivity index (χ2n) is 6.22. The molecule has 0 saturated carbocycles. The zero-order valence-electron chi connectivity index (χ0n) is 15.3. The van der Waals surface area contributed by atoms with Crippen LogP contribution in [0.5, 0.6) is 0 Å². The van der Waals surface area contributed by atoms with E-state index in [1.165, 1.54) is 15.9 Å². The predicted molar refractivity (Wildman–Crippen MR) is 96.5 cm³/mol. The van der Waals surface area contributed by atoms with E-state index in [4.69, 9.17) is 9.47 Å². The standard InChI is InChI=1S/C19H26N2O5/c1-4-10-26-19(24)21-13-16(22)11-17(21)15-8-6-14(7-9-15)12-20(3)18(23)25-5-2/h4,6-9,16-17,22H,1,5,10-13H2,2-3H3/t16-,17-/m1/s1. The quantitative estimate of drug-likeness (QED) is 0.787. The highest BCUT2D eigenvalue weighted by molar-refractivity contribution is 5.69. The van der Waals surface area contributed by atoms with Crippen LogP contribution >= 0.6 is 0 Å². The molecule has 2 rings (SSSR count). The van der Waals surface area contributed by atoms with E-state index < -0.39 is 12.2 Å². The van der Waals surface area contributed by atoms with Gasteiger partial charge in [-0.25, -0.2) is 9.59 Å². The van der Waals surface area contributed by atoms with Gasteiger partial charge in [-0.2, -0.15) is 0 Å². The molecule has 0 unspecified atom stereocenters. The summed E-state index contributed by atoms with van der Waals surface area (Å²) < 4.78 is 10.1. The van der Waals surface area contributed by atoms with Gasteiger partial charge in [0.1, 0.15) is 6.61 Å². The SMILES string of the molecule is C=CCOC(=O)N1C[C@H](O)C[C@@H]1c1ccc(CN(C)C(=O)OCC)cc1. The number of aliphatic hydroxyl groups is 1. The van der Waals surface area contributed by atoms with Crippen LogP contribution in [0.15, 0.2) is 36.9 Å². The zero-order valence-corrected chi connectivity index (χ0v) is 15.3. The van der Waals surface area contributed by atoms with Crippen LogP contribution < -0.4 is 0 Å². The number of amides is 2. The Kier molecular flexibility index (Phi) is 7.03. The molecule has 1 aromatic carbocycles. The Labute approximate surface area is 153 Å². The summed E-state index contributed by atoms with van der Waals surface area (Å²) in [6.07, 6.45) is 0.564. The summed E-state index contributed by atoms with van der Waals surface area (Å²) in [4.78, 5) is 26.9. The molecule has 7 nitrogen and oxygen atoms in total. The molecule has 142 valence electrons. The third-order valence-corrected chi connectivity index (χ3v) is 4.20. The lowest BCUT2D eigenvalue weighted by Crippen LogP contribution is -2.32. The van der Waals surface area contributed by atoms with Crippen LogP contribution in [0.3, 0.4) is 0 Å². The maximum atomic E-state index is 12.2. The maximum Gasteiger partial charge on any atom is 0.410 e. The van der Waals surface area contributed by atoms with Gasteiger partial charge in [0, 0.05) is 13.6 Å². The number of β-amino-alcohol motifs (C(OH)–C–C–N with tert-alkyl or cyclic N) is 1. The molecule has 1 saturated heterocycles. The largest absolute Gasteiger partial charge is 0.450 e. The van der Waals surface area contributed by atoms with Crippen LogP contribution in [0.2, 0.25) is 0 Å². The fourth-order valence-electron chi connectivity index (χ4n) is 2.96. The average Bonchev–Trinajstić information content (AvgIpc) is 3.02. The van der Waals surface area contributed by atoms with Crippen molar-refractivity contribution >= 4 is 12.2 Å². The second-order valence-corrected chi connectivity index (χ2v) is 6.22. The van der Waals surface area contributed by atoms with Crippen LogP contribution in [-0.2, 0) is 16.0 Å². The number of likely N-dealkylation sites (tertiary alicyclic amines) is 1. The Hall–Kier alpha value is -2.54. The van der Waals surface area contributed by atoms with E-state index >= 15 is 0 Å². The first-order valence-electron chi connectivity index (χ1n) is 8.65. The van der Waals surface area contributed by atoms with Gasteiger partial charge in [-0.15, -0.1) is 0 Å². The third-order valence-electron chi connectivity index (χ3n) is 4.20. The number of hydrogen-bond donors (Lipinski definition) is 1. The van der Waals surface area contributed by atoms with E-state index in [9.17, 15) is 14.7 Å². The van der Waals surface area contributed by atoms with E-state index in [0.29, 0.717) is 19.6 Å². The topological polar surface area (TPSA) is 79.3 Å². The number of carbonyl (C=O) groups excluding carboxylic acids is 2. The zero-order chi connectivity index (χ0) is 19.1. The van der Waals surface area contributed by atoms with Crippen LogP contribution in [-0.4, -0.2) is 60.0 Å². The first-order valence-corrected chi connectivity index (χ1v) is 8.65. The van der Waals surface area contributed by atoms with Gasteiger partial charge in [-0.05, 0) is 24.5 Å². The van der Waals surface area contributed by atoms with Crippen LogP contribution in [0, 0.1) is 0 Å². The van der Waals surface area contributed by atoms with E-state index in [1.807, 2.05) is 24.3 Å². The van der Waals surface area contributed by atoms with Gasteiger partial charge in [-0.3, -0.25) is 4.90 Å². The molecule has 26 heavy (non-hydrogen) atoms. The summed E-state index contributed by atoms with van der Waals surface area (Å²) in [5.41, 5.74) is 1.86. The molecule has 1 aliphatic rings. The summed E-state index contributed by atoms with van der Waals surface area (Å²) in [7, 11) is 1.68. The molecule has 1 N–H and O–H groups in total. The van der Waals surface area contributed by atoms with Crippen LogP contribution in [0.1, 0.15) is 30.5 Å². The van der Waals surface area contributed by atoms with Gasteiger partial charge in [0.25, 0.3) is 0 Å². The number of benzene rings is 1. The van der Waals surface area contributed by atoms with Crippen molar-refractivity contribution in [1.29, 1.82) is 0 Å². The van der Waals surface area contributed by atoms with Gasteiger partial charge >= 0.3 is 12.2 Å².